The topological polar surface area (TPSA) is 87.3 Å². The van der Waals surface area contributed by atoms with Gasteiger partial charge in [0.05, 0.1) is 24.7 Å². The normalized spacial score (nSPS) is 12.5. The van der Waals surface area contributed by atoms with Crippen LogP contribution in [-0.2, 0) is 16.8 Å². The van der Waals surface area contributed by atoms with Gasteiger partial charge in [0.15, 0.2) is 0 Å². The first-order valence-electron chi connectivity index (χ1n) is 6.58. The third-order valence-electron chi connectivity index (χ3n) is 3.27. The van der Waals surface area contributed by atoms with E-state index in [2.05, 4.69) is 14.7 Å². The summed E-state index contributed by atoms with van der Waals surface area (Å²) in [5.74, 6) is 1.27. The van der Waals surface area contributed by atoms with Crippen LogP contribution in [0.2, 0.25) is 0 Å². The maximum absolute atomic E-state index is 12.0. The van der Waals surface area contributed by atoms with Crippen LogP contribution in [0.5, 0.6) is 5.75 Å². The summed E-state index contributed by atoms with van der Waals surface area (Å²) in [6.07, 6.45) is 0. The number of hydrogen-bond donors (Lipinski definition) is 2. The Hall–Kier alpha value is -1.64. The van der Waals surface area contributed by atoms with E-state index in [1.54, 1.807) is 7.11 Å². The van der Waals surface area contributed by atoms with Gasteiger partial charge in [-0.2, -0.15) is 17.4 Å². The maximum atomic E-state index is 12.0. The van der Waals surface area contributed by atoms with Gasteiger partial charge in [0.1, 0.15) is 11.6 Å². The second-order valence-corrected chi connectivity index (χ2v) is 6.82. The number of nitrogens with zero attached hydrogens (tertiary/aromatic N) is 2. The monoisotopic (exact) mass is 312 g/mol. The minimum absolute atomic E-state index is 0.108. The van der Waals surface area contributed by atoms with E-state index in [1.807, 2.05) is 32.0 Å². The van der Waals surface area contributed by atoms with Crippen molar-refractivity contribution in [3.8, 4) is 5.75 Å². The molecule has 0 aliphatic heterocycles. The number of methoxy groups -OCH3 is 1. The lowest BCUT2D eigenvalue weighted by Crippen LogP contribution is -2.41. The smallest absolute Gasteiger partial charge is 0.279 e. The lowest BCUT2D eigenvalue weighted by molar-refractivity contribution is 0.402. The molecular formula is C13H20N4O3S. The lowest BCUT2D eigenvalue weighted by Gasteiger charge is -2.20. The molecule has 0 saturated heterocycles. The average Bonchev–Trinajstić information content (AvgIpc) is 2.86. The molecule has 2 aromatic rings. The summed E-state index contributed by atoms with van der Waals surface area (Å²) in [4.78, 5) is 7.41. The second-order valence-electron chi connectivity index (χ2n) is 5.00. The third-order valence-corrected chi connectivity index (χ3v) is 4.96. The van der Waals surface area contributed by atoms with Crippen molar-refractivity contribution in [3.05, 3.63) is 24.0 Å². The Bertz CT molecular complexity index is 724. The van der Waals surface area contributed by atoms with Gasteiger partial charge in [-0.3, -0.25) is 0 Å². The van der Waals surface area contributed by atoms with Crippen LogP contribution in [0, 0.1) is 0 Å². The molecule has 2 rings (SSSR count). The number of benzene rings is 1. The number of hydrogen-bond acceptors (Lipinski definition) is 4. The van der Waals surface area contributed by atoms with Crippen molar-refractivity contribution in [2.45, 2.75) is 26.4 Å². The molecule has 1 heterocycles. The van der Waals surface area contributed by atoms with Crippen LogP contribution in [0.25, 0.3) is 11.0 Å². The predicted octanol–water partition coefficient (Wildman–Crippen LogP) is 1.25. The van der Waals surface area contributed by atoms with Gasteiger partial charge in [0.2, 0.25) is 0 Å². The first kappa shape index (κ1) is 15.7. The fourth-order valence-electron chi connectivity index (χ4n) is 1.79. The zero-order chi connectivity index (χ0) is 15.6. The molecule has 0 radical (unpaired) electrons. The van der Waals surface area contributed by atoms with Gasteiger partial charge in [-0.05, 0) is 26.0 Å². The number of nitrogens with one attached hydrogen (secondary N) is 2. The van der Waals surface area contributed by atoms with Crippen molar-refractivity contribution >= 4 is 21.2 Å². The predicted molar refractivity (Wildman–Crippen MR) is 81.3 cm³/mol. The second kappa shape index (κ2) is 6.00. The Labute approximate surface area is 124 Å². The molecule has 0 aliphatic rings. The minimum atomic E-state index is -3.51. The van der Waals surface area contributed by atoms with Gasteiger partial charge in [-0.1, -0.05) is 0 Å². The van der Waals surface area contributed by atoms with E-state index in [0.29, 0.717) is 5.82 Å². The highest BCUT2D eigenvalue weighted by Gasteiger charge is 2.20. The van der Waals surface area contributed by atoms with Gasteiger partial charge in [0.25, 0.3) is 10.2 Å². The molecular weight excluding hydrogens is 292 g/mol. The fourth-order valence-corrected chi connectivity index (χ4v) is 2.87. The van der Waals surface area contributed by atoms with Crippen LogP contribution < -0.4 is 9.46 Å². The molecule has 0 unspecified atom stereocenters. The number of imidazole rings is 1. The van der Waals surface area contributed by atoms with Crippen LogP contribution in [0.1, 0.15) is 19.7 Å². The molecule has 0 atom stereocenters. The molecule has 1 aromatic heterocycles. The zero-order valence-corrected chi connectivity index (χ0v) is 13.4. The van der Waals surface area contributed by atoms with Gasteiger partial charge in [-0.25, -0.2) is 4.98 Å². The van der Waals surface area contributed by atoms with E-state index in [0.717, 1.165) is 16.8 Å². The molecule has 7 nitrogen and oxygen atoms in total. The van der Waals surface area contributed by atoms with Crippen LogP contribution >= 0.6 is 0 Å². The van der Waals surface area contributed by atoms with Crippen molar-refractivity contribution in [2.24, 2.45) is 0 Å². The zero-order valence-electron chi connectivity index (χ0n) is 12.5. The molecule has 0 bridgehead atoms. The molecule has 0 fully saturated rings. The van der Waals surface area contributed by atoms with Gasteiger partial charge >= 0.3 is 0 Å². The number of aromatic amines is 1. The van der Waals surface area contributed by atoms with E-state index >= 15 is 0 Å². The van der Waals surface area contributed by atoms with Crippen molar-refractivity contribution < 1.29 is 13.2 Å². The largest absolute Gasteiger partial charge is 0.497 e. The van der Waals surface area contributed by atoms with Gasteiger partial charge in [0, 0.05) is 19.2 Å². The number of aromatic nitrogens is 2. The SMILES string of the molecule is COc1ccc2nc(CNS(=O)(=O)N(C)C(C)C)[nH]c2c1. The molecule has 21 heavy (non-hydrogen) atoms. The maximum Gasteiger partial charge on any atom is 0.279 e. The first-order valence-corrected chi connectivity index (χ1v) is 8.02. The van der Waals surface area contributed by atoms with E-state index in [9.17, 15) is 8.42 Å². The Morgan fingerprint density at radius 2 is 2.14 bits per heavy atom. The summed E-state index contributed by atoms with van der Waals surface area (Å²) in [5, 5.41) is 0. The standard InChI is InChI=1S/C13H20N4O3S/c1-9(2)17(3)21(18,19)14-8-13-15-11-6-5-10(20-4)7-12(11)16-13/h5-7,9,14H,8H2,1-4H3,(H,15,16). The van der Waals surface area contributed by atoms with Crippen LogP contribution in [0.15, 0.2) is 18.2 Å². The highest BCUT2D eigenvalue weighted by atomic mass is 32.2. The molecule has 0 spiro atoms. The Morgan fingerprint density at radius 3 is 2.76 bits per heavy atom. The Kier molecular flexibility index (Phi) is 4.50. The van der Waals surface area contributed by atoms with Crippen LogP contribution in [-0.4, -0.2) is 42.9 Å². The minimum Gasteiger partial charge on any atom is -0.497 e. The Balaban J connectivity index is 2.14. The van der Waals surface area contributed by atoms with Crippen molar-refractivity contribution in [1.82, 2.24) is 19.0 Å². The summed E-state index contributed by atoms with van der Waals surface area (Å²) in [7, 11) is -0.380. The van der Waals surface area contributed by atoms with E-state index in [-0.39, 0.29) is 12.6 Å². The number of fused-ring (bicyclic) bond motifs is 1. The van der Waals surface area contributed by atoms with Crippen LogP contribution in [0.4, 0.5) is 0 Å². The third kappa shape index (κ3) is 3.52. The number of rotatable bonds is 6. The molecule has 0 aliphatic carbocycles. The summed E-state index contributed by atoms with van der Waals surface area (Å²) in [6.45, 7) is 3.73. The molecule has 0 saturated carbocycles. The van der Waals surface area contributed by atoms with Gasteiger partial charge < -0.3 is 9.72 Å². The molecule has 116 valence electrons. The van der Waals surface area contributed by atoms with E-state index in [1.165, 1.54) is 11.4 Å². The van der Waals surface area contributed by atoms with Crippen molar-refractivity contribution in [1.29, 1.82) is 0 Å². The number of ether oxygens (including phenoxy) is 1. The van der Waals surface area contributed by atoms with Crippen molar-refractivity contribution in [3.63, 3.8) is 0 Å². The highest BCUT2D eigenvalue weighted by Crippen LogP contribution is 2.18. The molecule has 1 aromatic carbocycles. The van der Waals surface area contributed by atoms with E-state index < -0.39 is 10.2 Å². The molecule has 8 heteroatoms. The quantitative estimate of drug-likeness (QED) is 0.840. The van der Waals surface area contributed by atoms with Crippen molar-refractivity contribution in [2.75, 3.05) is 14.2 Å². The summed E-state index contributed by atoms with van der Waals surface area (Å²) in [5.41, 5.74) is 1.57. The summed E-state index contributed by atoms with van der Waals surface area (Å²) >= 11 is 0. The van der Waals surface area contributed by atoms with Crippen LogP contribution in [0.3, 0.4) is 0 Å². The molecule has 2 N–H and O–H groups in total. The molecule has 0 amide bonds. The fraction of sp³-hybridized carbons (Fsp3) is 0.462. The summed E-state index contributed by atoms with van der Waals surface area (Å²) < 4.78 is 33.0. The average molecular weight is 312 g/mol. The Morgan fingerprint density at radius 1 is 1.43 bits per heavy atom. The highest BCUT2D eigenvalue weighted by molar-refractivity contribution is 7.87. The van der Waals surface area contributed by atoms with E-state index in [4.69, 9.17) is 4.74 Å². The lowest BCUT2D eigenvalue weighted by atomic mass is 10.3. The summed E-state index contributed by atoms with van der Waals surface area (Å²) in [6, 6.07) is 5.34. The van der Waals surface area contributed by atoms with Gasteiger partial charge in [-0.15, -0.1) is 0 Å². The first-order chi connectivity index (χ1) is 9.83. The number of H-pyrrole nitrogens is 1.